The van der Waals surface area contributed by atoms with Crippen LogP contribution in [0.2, 0.25) is 0 Å². The first kappa shape index (κ1) is 13.2. The molecule has 3 aromatic rings. The number of carbonyl (C=O) groups excluding carboxylic acids is 1. The minimum absolute atomic E-state index is 0.199. The lowest BCUT2D eigenvalue weighted by Gasteiger charge is -2.03. The summed E-state index contributed by atoms with van der Waals surface area (Å²) in [6, 6.07) is 14.0. The van der Waals surface area contributed by atoms with E-state index in [1.807, 2.05) is 47.8 Å². The average Bonchev–Trinajstić information content (AvgIpc) is 3.06. The molecule has 1 aromatic carbocycles. The maximum absolute atomic E-state index is 12.2. The number of thiophene rings is 1. The molecule has 2 aromatic heterocycles. The monoisotopic (exact) mass is 310 g/mol. The first-order valence-corrected chi connectivity index (χ1v) is 8.06. The number of amides is 1. The zero-order chi connectivity index (χ0) is 14.9. The van der Waals surface area contributed by atoms with Gasteiger partial charge in [0.1, 0.15) is 0 Å². The zero-order valence-electron chi connectivity index (χ0n) is 11.8. The maximum atomic E-state index is 12.2. The second-order valence-corrected chi connectivity index (χ2v) is 6.18. The summed E-state index contributed by atoms with van der Waals surface area (Å²) in [6.45, 7) is 0. The molecule has 5 nitrogen and oxygen atoms in total. The van der Waals surface area contributed by atoms with Crippen molar-refractivity contribution in [2.75, 3.05) is 0 Å². The summed E-state index contributed by atoms with van der Waals surface area (Å²) in [4.78, 5) is 17.7. The smallest absolute Gasteiger partial charge is 0.291 e. The van der Waals surface area contributed by atoms with Crippen LogP contribution < -0.4 is 5.32 Å². The van der Waals surface area contributed by atoms with E-state index >= 15 is 0 Å². The van der Waals surface area contributed by atoms with E-state index in [9.17, 15) is 4.79 Å². The Hall–Kier alpha value is -2.47. The average molecular weight is 310 g/mol. The number of nitrogens with zero attached hydrogens (tertiary/aromatic N) is 3. The summed E-state index contributed by atoms with van der Waals surface area (Å²) in [5.74, 6) is 0.719. The van der Waals surface area contributed by atoms with Gasteiger partial charge < -0.3 is 5.32 Å². The van der Waals surface area contributed by atoms with Gasteiger partial charge in [0, 0.05) is 6.04 Å². The summed E-state index contributed by atoms with van der Waals surface area (Å²) < 4.78 is 1.73. The Morgan fingerprint density at radius 2 is 2.00 bits per heavy atom. The molecule has 1 saturated carbocycles. The van der Waals surface area contributed by atoms with Crippen LogP contribution in [0.25, 0.3) is 16.4 Å². The van der Waals surface area contributed by atoms with Gasteiger partial charge in [0.15, 0.2) is 5.82 Å². The van der Waals surface area contributed by atoms with Crippen molar-refractivity contribution in [1.82, 2.24) is 20.1 Å². The first-order valence-electron chi connectivity index (χ1n) is 7.18. The van der Waals surface area contributed by atoms with E-state index in [0.717, 1.165) is 23.4 Å². The molecule has 1 fully saturated rings. The molecule has 1 aliphatic rings. The van der Waals surface area contributed by atoms with Crippen molar-refractivity contribution in [1.29, 1.82) is 0 Å². The van der Waals surface area contributed by atoms with Crippen molar-refractivity contribution in [3.8, 4) is 16.4 Å². The molecule has 4 rings (SSSR count). The molecular weight excluding hydrogens is 296 g/mol. The number of para-hydroxylation sites is 1. The van der Waals surface area contributed by atoms with Gasteiger partial charge in [0.25, 0.3) is 5.91 Å². The summed E-state index contributed by atoms with van der Waals surface area (Å²) in [7, 11) is 0. The van der Waals surface area contributed by atoms with Gasteiger partial charge in [-0.3, -0.25) is 4.79 Å². The highest BCUT2D eigenvalue weighted by molar-refractivity contribution is 7.13. The Kier molecular flexibility index (Phi) is 3.23. The van der Waals surface area contributed by atoms with Gasteiger partial charge in [0.05, 0.1) is 10.6 Å². The molecule has 0 saturated heterocycles. The van der Waals surface area contributed by atoms with E-state index in [1.54, 1.807) is 16.0 Å². The maximum Gasteiger partial charge on any atom is 0.291 e. The standard InChI is InChI=1S/C16H14N4OS/c21-16(17-11-8-9-11)14-18-15(13-7-4-10-22-13)20(19-14)12-5-2-1-3-6-12/h1-7,10-11H,8-9H2,(H,17,21). The van der Waals surface area contributed by atoms with Crippen molar-refractivity contribution in [3.63, 3.8) is 0 Å². The molecule has 0 spiro atoms. The summed E-state index contributed by atoms with van der Waals surface area (Å²) in [5, 5.41) is 9.34. The van der Waals surface area contributed by atoms with Crippen LogP contribution in [0.4, 0.5) is 0 Å². The quantitative estimate of drug-likeness (QED) is 0.806. The van der Waals surface area contributed by atoms with Crippen molar-refractivity contribution in [3.05, 3.63) is 53.7 Å². The second kappa shape index (κ2) is 5.38. The molecule has 0 bridgehead atoms. The van der Waals surface area contributed by atoms with Gasteiger partial charge in [-0.2, -0.15) is 0 Å². The van der Waals surface area contributed by atoms with Crippen LogP contribution in [-0.4, -0.2) is 26.7 Å². The number of benzene rings is 1. The largest absolute Gasteiger partial charge is 0.347 e. The van der Waals surface area contributed by atoms with Crippen molar-refractivity contribution in [2.24, 2.45) is 0 Å². The summed E-state index contributed by atoms with van der Waals surface area (Å²) in [5.41, 5.74) is 0.892. The van der Waals surface area contributed by atoms with Crippen LogP contribution in [0.1, 0.15) is 23.5 Å². The highest BCUT2D eigenvalue weighted by Gasteiger charge is 2.26. The molecule has 0 atom stereocenters. The lowest BCUT2D eigenvalue weighted by atomic mass is 10.3. The van der Waals surface area contributed by atoms with Crippen LogP contribution in [0.15, 0.2) is 47.8 Å². The van der Waals surface area contributed by atoms with E-state index in [0.29, 0.717) is 11.9 Å². The zero-order valence-corrected chi connectivity index (χ0v) is 12.6. The Labute approximate surface area is 131 Å². The number of rotatable bonds is 4. The molecule has 1 aliphatic carbocycles. The fourth-order valence-corrected chi connectivity index (χ4v) is 2.90. The van der Waals surface area contributed by atoms with Gasteiger partial charge in [-0.1, -0.05) is 24.3 Å². The highest BCUT2D eigenvalue weighted by atomic mass is 32.1. The fraction of sp³-hybridized carbons (Fsp3) is 0.188. The molecular formula is C16H14N4OS. The summed E-state index contributed by atoms with van der Waals surface area (Å²) in [6.07, 6.45) is 2.09. The topological polar surface area (TPSA) is 59.8 Å². The van der Waals surface area contributed by atoms with Gasteiger partial charge in [-0.15, -0.1) is 16.4 Å². The van der Waals surface area contributed by atoms with E-state index in [1.165, 1.54) is 0 Å². The van der Waals surface area contributed by atoms with E-state index < -0.39 is 0 Å². The van der Waals surface area contributed by atoms with Crippen LogP contribution in [0.3, 0.4) is 0 Å². The van der Waals surface area contributed by atoms with Gasteiger partial charge in [-0.25, -0.2) is 9.67 Å². The van der Waals surface area contributed by atoms with E-state index in [4.69, 9.17) is 0 Å². The molecule has 0 radical (unpaired) electrons. The van der Waals surface area contributed by atoms with Crippen LogP contribution in [-0.2, 0) is 0 Å². The molecule has 2 heterocycles. The van der Waals surface area contributed by atoms with Crippen molar-refractivity contribution >= 4 is 17.2 Å². The third kappa shape index (κ3) is 2.53. The lowest BCUT2D eigenvalue weighted by Crippen LogP contribution is -2.26. The molecule has 22 heavy (non-hydrogen) atoms. The minimum Gasteiger partial charge on any atom is -0.347 e. The number of aromatic nitrogens is 3. The fourth-order valence-electron chi connectivity index (χ4n) is 2.20. The SMILES string of the molecule is O=C(NC1CC1)c1nc(-c2cccs2)n(-c2ccccc2)n1. The van der Waals surface area contributed by atoms with E-state index in [2.05, 4.69) is 15.4 Å². The Morgan fingerprint density at radius 3 is 2.68 bits per heavy atom. The second-order valence-electron chi connectivity index (χ2n) is 5.23. The van der Waals surface area contributed by atoms with Crippen molar-refractivity contribution < 1.29 is 4.79 Å². The molecule has 6 heteroatoms. The van der Waals surface area contributed by atoms with Crippen LogP contribution in [0, 0.1) is 0 Å². The third-order valence-corrected chi connectivity index (χ3v) is 4.33. The van der Waals surface area contributed by atoms with Crippen LogP contribution in [0.5, 0.6) is 0 Å². The molecule has 1 N–H and O–H groups in total. The van der Waals surface area contributed by atoms with Crippen molar-refractivity contribution in [2.45, 2.75) is 18.9 Å². The predicted octanol–water partition coefficient (Wildman–Crippen LogP) is 2.89. The minimum atomic E-state index is -0.199. The number of hydrogen-bond donors (Lipinski definition) is 1. The molecule has 1 amide bonds. The Morgan fingerprint density at radius 1 is 1.18 bits per heavy atom. The normalized spacial score (nSPS) is 14.0. The Balaban J connectivity index is 1.77. The van der Waals surface area contributed by atoms with E-state index in [-0.39, 0.29) is 11.7 Å². The summed E-state index contributed by atoms with van der Waals surface area (Å²) >= 11 is 1.58. The lowest BCUT2D eigenvalue weighted by molar-refractivity contribution is 0.0941. The van der Waals surface area contributed by atoms with Gasteiger partial charge >= 0.3 is 0 Å². The first-order chi connectivity index (χ1) is 10.8. The highest BCUT2D eigenvalue weighted by Crippen LogP contribution is 2.26. The van der Waals surface area contributed by atoms with Gasteiger partial charge in [0.2, 0.25) is 5.82 Å². The molecule has 110 valence electrons. The third-order valence-electron chi connectivity index (χ3n) is 3.47. The number of nitrogens with one attached hydrogen (secondary N) is 1. The van der Waals surface area contributed by atoms with Gasteiger partial charge in [-0.05, 0) is 36.4 Å². The number of carbonyl (C=O) groups is 1. The van der Waals surface area contributed by atoms with Crippen LogP contribution >= 0.6 is 11.3 Å². The number of hydrogen-bond acceptors (Lipinski definition) is 4. The molecule has 0 aliphatic heterocycles. The Bertz CT molecular complexity index is 791. The predicted molar refractivity (Wildman–Crippen MR) is 85.2 cm³/mol. The molecule has 0 unspecified atom stereocenters.